The molecule has 0 N–H and O–H groups in total. The number of nitrogens with zero attached hydrogens (tertiary/aromatic N) is 3. The molecule has 182 valence electrons. The number of benzene rings is 3. The summed E-state index contributed by atoms with van der Waals surface area (Å²) in [7, 11) is -2.26. The third kappa shape index (κ3) is 4.15. The predicted molar refractivity (Wildman–Crippen MR) is 132 cm³/mol. The Balaban J connectivity index is 1.49. The molecule has 2 aliphatic rings. The topological polar surface area (TPSA) is 71.4 Å². The predicted octanol–water partition coefficient (Wildman–Crippen LogP) is 4.72. The van der Waals surface area contributed by atoms with Gasteiger partial charge in [-0.1, -0.05) is 24.3 Å². The Morgan fingerprint density at radius 2 is 1.89 bits per heavy atom. The number of sulfonamides is 1. The average molecular weight is 496 g/mol. The SMILES string of the molecule is COc1cccc2c1Oc1ccccc1N=C2N1CCN(S(=O)(=O)c2ccc(C)c(F)c2)C(C)C1. The van der Waals surface area contributed by atoms with E-state index < -0.39 is 15.8 Å². The van der Waals surface area contributed by atoms with Gasteiger partial charge in [0.05, 0.1) is 17.6 Å². The highest BCUT2D eigenvalue weighted by Crippen LogP contribution is 2.43. The first kappa shape index (κ1) is 23.3. The van der Waals surface area contributed by atoms with E-state index in [0.29, 0.717) is 47.4 Å². The zero-order valence-corrected chi connectivity index (χ0v) is 20.5. The minimum absolute atomic E-state index is 0.0369. The maximum absolute atomic E-state index is 14.1. The van der Waals surface area contributed by atoms with Crippen LogP contribution in [0.3, 0.4) is 0 Å². The lowest BCUT2D eigenvalue weighted by atomic mass is 10.1. The highest BCUT2D eigenvalue weighted by atomic mass is 32.2. The van der Waals surface area contributed by atoms with Crippen LogP contribution < -0.4 is 9.47 Å². The van der Waals surface area contributed by atoms with Gasteiger partial charge in [0, 0.05) is 25.7 Å². The van der Waals surface area contributed by atoms with Crippen LogP contribution in [0.25, 0.3) is 0 Å². The number of rotatable bonds is 3. The Morgan fingerprint density at radius 3 is 2.63 bits per heavy atom. The molecule has 0 saturated carbocycles. The summed E-state index contributed by atoms with van der Waals surface area (Å²) in [6.45, 7) is 4.51. The van der Waals surface area contributed by atoms with E-state index >= 15 is 0 Å². The van der Waals surface area contributed by atoms with Gasteiger partial charge in [-0.05, 0) is 55.8 Å². The van der Waals surface area contributed by atoms with Gasteiger partial charge in [0.15, 0.2) is 17.2 Å². The third-order valence-corrected chi connectivity index (χ3v) is 8.37. The number of fused-ring (bicyclic) bond motifs is 2. The van der Waals surface area contributed by atoms with Gasteiger partial charge >= 0.3 is 0 Å². The highest BCUT2D eigenvalue weighted by molar-refractivity contribution is 7.89. The van der Waals surface area contributed by atoms with Crippen LogP contribution in [0, 0.1) is 12.7 Å². The fraction of sp³-hybridized carbons (Fsp3) is 0.269. The van der Waals surface area contributed by atoms with Crippen molar-refractivity contribution in [3.8, 4) is 17.2 Å². The van der Waals surface area contributed by atoms with Gasteiger partial charge in [-0.25, -0.2) is 17.8 Å². The van der Waals surface area contributed by atoms with E-state index in [1.54, 1.807) is 14.0 Å². The number of halogens is 1. The van der Waals surface area contributed by atoms with Gasteiger partial charge in [0.1, 0.15) is 17.3 Å². The number of piperazine rings is 1. The van der Waals surface area contributed by atoms with Crippen LogP contribution in [0.1, 0.15) is 18.1 Å². The van der Waals surface area contributed by atoms with Gasteiger partial charge < -0.3 is 14.4 Å². The molecule has 3 aromatic rings. The smallest absolute Gasteiger partial charge is 0.243 e. The van der Waals surface area contributed by atoms with Crippen molar-refractivity contribution in [1.82, 2.24) is 9.21 Å². The molecule has 7 nitrogen and oxygen atoms in total. The van der Waals surface area contributed by atoms with Crippen LogP contribution in [-0.2, 0) is 10.0 Å². The summed E-state index contributed by atoms with van der Waals surface area (Å²) < 4.78 is 54.0. The number of para-hydroxylation sites is 3. The summed E-state index contributed by atoms with van der Waals surface area (Å²) in [5.74, 6) is 1.92. The number of hydrogen-bond donors (Lipinski definition) is 0. The molecule has 1 saturated heterocycles. The molecule has 0 bridgehead atoms. The van der Waals surface area contributed by atoms with Crippen molar-refractivity contribution < 1.29 is 22.3 Å². The van der Waals surface area contributed by atoms with E-state index in [1.807, 2.05) is 49.4 Å². The Bertz CT molecular complexity index is 1420. The number of methoxy groups -OCH3 is 1. The minimum Gasteiger partial charge on any atom is -0.493 e. The highest BCUT2D eigenvalue weighted by Gasteiger charge is 2.36. The molecule has 3 aromatic carbocycles. The van der Waals surface area contributed by atoms with E-state index in [2.05, 4.69) is 4.90 Å². The molecule has 0 spiro atoms. The molecule has 0 radical (unpaired) electrons. The number of ether oxygens (including phenoxy) is 2. The van der Waals surface area contributed by atoms with E-state index in [9.17, 15) is 12.8 Å². The first-order valence-electron chi connectivity index (χ1n) is 11.4. The van der Waals surface area contributed by atoms with Crippen LogP contribution in [0.4, 0.5) is 10.1 Å². The van der Waals surface area contributed by atoms with E-state index in [1.165, 1.54) is 16.4 Å². The van der Waals surface area contributed by atoms with Gasteiger partial charge in [-0.2, -0.15) is 4.31 Å². The first-order valence-corrected chi connectivity index (χ1v) is 12.8. The van der Waals surface area contributed by atoms with Gasteiger partial charge in [0.2, 0.25) is 10.0 Å². The fourth-order valence-corrected chi connectivity index (χ4v) is 6.10. The second-order valence-electron chi connectivity index (χ2n) is 8.66. The van der Waals surface area contributed by atoms with Crippen molar-refractivity contribution in [2.75, 3.05) is 26.7 Å². The Morgan fingerprint density at radius 1 is 1.09 bits per heavy atom. The third-order valence-electron chi connectivity index (χ3n) is 6.36. The second kappa shape index (κ2) is 8.98. The lowest BCUT2D eigenvalue weighted by Crippen LogP contribution is -2.55. The largest absolute Gasteiger partial charge is 0.493 e. The quantitative estimate of drug-likeness (QED) is 0.526. The molecule has 9 heteroatoms. The number of aliphatic imine (C=N–C) groups is 1. The molecule has 0 amide bonds. The average Bonchev–Trinajstić information content (AvgIpc) is 3.02. The summed E-state index contributed by atoms with van der Waals surface area (Å²) in [5, 5.41) is 0. The standard InChI is InChI=1S/C26H26FN3O4S/c1-17-11-12-19(15-21(17)27)35(31,32)30-14-13-29(16-18(30)2)26-20-7-6-10-24(33-3)25(20)34-23-9-5-4-8-22(23)28-26/h4-12,15,18H,13-14,16H2,1-3H3. The summed E-state index contributed by atoms with van der Waals surface area (Å²) in [6, 6.07) is 16.8. The van der Waals surface area contributed by atoms with Crippen LogP contribution in [0.5, 0.6) is 17.2 Å². The van der Waals surface area contributed by atoms with Crippen molar-refractivity contribution in [3.05, 3.63) is 77.6 Å². The first-order chi connectivity index (χ1) is 16.8. The van der Waals surface area contributed by atoms with Crippen molar-refractivity contribution in [2.45, 2.75) is 24.8 Å². The normalized spacial score (nSPS) is 18.1. The Hall–Kier alpha value is -3.43. The lowest BCUT2D eigenvalue weighted by Gasteiger charge is -2.40. The van der Waals surface area contributed by atoms with Crippen LogP contribution >= 0.6 is 0 Å². The molecular formula is C26H26FN3O4S. The molecule has 2 heterocycles. The van der Waals surface area contributed by atoms with E-state index in [0.717, 1.165) is 11.6 Å². The minimum atomic E-state index is -3.85. The molecule has 1 unspecified atom stereocenters. The van der Waals surface area contributed by atoms with Gasteiger partial charge in [0.25, 0.3) is 0 Å². The molecular weight excluding hydrogens is 469 g/mol. The van der Waals surface area contributed by atoms with Gasteiger partial charge in [-0.3, -0.25) is 0 Å². The van der Waals surface area contributed by atoms with Crippen molar-refractivity contribution in [1.29, 1.82) is 0 Å². The van der Waals surface area contributed by atoms with Gasteiger partial charge in [-0.15, -0.1) is 0 Å². The summed E-state index contributed by atoms with van der Waals surface area (Å²) in [5.41, 5.74) is 1.85. The molecule has 35 heavy (non-hydrogen) atoms. The summed E-state index contributed by atoms with van der Waals surface area (Å²) >= 11 is 0. The van der Waals surface area contributed by atoms with Crippen molar-refractivity contribution >= 4 is 21.5 Å². The summed E-state index contributed by atoms with van der Waals surface area (Å²) in [6.07, 6.45) is 0. The molecule has 0 aliphatic carbocycles. The molecule has 5 rings (SSSR count). The summed E-state index contributed by atoms with van der Waals surface area (Å²) in [4.78, 5) is 6.95. The fourth-order valence-electron chi connectivity index (χ4n) is 4.48. The number of amidine groups is 1. The number of hydrogen-bond acceptors (Lipinski definition) is 6. The zero-order chi connectivity index (χ0) is 24.7. The molecule has 1 atom stereocenters. The van der Waals surface area contributed by atoms with Crippen molar-refractivity contribution in [2.24, 2.45) is 4.99 Å². The monoisotopic (exact) mass is 495 g/mol. The molecule has 0 aromatic heterocycles. The lowest BCUT2D eigenvalue weighted by molar-refractivity contribution is 0.205. The number of aryl methyl sites for hydroxylation is 1. The van der Waals surface area contributed by atoms with E-state index in [4.69, 9.17) is 14.5 Å². The Kier molecular flexibility index (Phi) is 5.98. The van der Waals surface area contributed by atoms with Crippen LogP contribution in [0.2, 0.25) is 0 Å². The van der Waals surface area contributed by atoms with Crippen LogP contribution in [0.15, 0.2) is 70.6 Å². The zero-order valence-electron chi connectivity index (χ0n) is 19.7. The molecule has 2 aliphatic heterocycles. The van der Waals surface area contributed by atoms with Crippen molar-refractivity contribution in [3.63, 3.8) is 0 Å². The van der Waals surface area contributed by atoms with E-state index in [-0.39, 0.29) is 17.5 Å². The molecule has 1 fully saturated rings. The second-order valence-corrected chi connectivity index (χ2v) is 10.6. The maximum atomic E-state index is 14.1. The maximum Gasteiger partial charge on any atom is 0.243 e. The van der Waals surface area contributed by atoms with Crippen LogP contribution in [-0.4, -0.2) is 56.2 Å². The Labute approximate surface area is 204 Å².